The van der Waals surface area contributed by atoms with Crippen LogP contribution in [0.1, 0.15) is 22.5 Å². The topological polar surface area (TPSA) is 41.6 Å². The number of alkyl halides is 6. The van der Waals surface area contributed by atoms with Crippen molar-refractivity contribution in [2.75, 3.05) is 0 Å². The first-order valence-corrected chi connectivity index (χ1v) is 8.43. The second kappa shape index (κ2) is 8.07. The molecule has 0 aliphatic carbocycles. The van der Waals surface area contributed by atoms with Crippen LogP contribution in [0.4, 0.5) is 39.5 Å². The standard InChI is InChI=1S/C20H8F9N3/c21-13-5-6-14(22)18(23)17(13)11(9-30)7-10-1-3-12(4-2-10)32-16(20(27,28)29)8-15(31-32)19(24,25)26/h1-8H. The Hall–Kier alpha value is -3.75. The van der Waals surface area contributed by atoms with E-state index in [0.717, 1.165) is 30.3 Å². The second-order valence-electron chi connectivity index (χ2n) is 6.30. The molecule has 0 aliphatic heterocycles. The summed E-state index contributed by atoms with van der Waals surface area (Å²) < 4.78 is 119. The van der Waals surface area contributed by atoms with Gasteiger partial charge in [0.25, 0.3) is 0 Å². The second-order valence-corrected chi connectivity index (χ2v) is 6.30. The lowest BCUT2D eigenvalue weighted by Gasteiger charge is -2.10. The highest BCUT2D eigenvalue weighted by atomic mass is 19.4. The minimum atomic E-state index is -5.14. The van der Waals surface area contributed by atoms with E-state index in [1.807, 2.05) is 0 Å². The molecule has 0 saturated carbocycles. The van der Waals surface area contributed by atoms with Crippen molar-refractivity contribution in [2.45, 2.75) is 12.4 Å². The minimum absolute atomic E-state index is 0.0464. The summed E-state index contributed by atoms with van der Waals surface area (Å²) in [4.78, 5) is 0. The van der Waals surface area contributed by atoms with Gasteiger partial charge in [-0.1, -0.05) is 12.1 Å². The number of hydrogen-bond donors (Lipinski definition) is 0. The van der Waals surface area contributed by atoms with Crippen molar-refractivity contribution in [3.05, 3.63) is 82.4 Å². The van der Waals surface area contributed by atoms with Crippen LogP contribution < -0.4 is 0 Å². The fourth-order valence-corrected chi connectivity index (χ4v) is 2.73. The van der Waals surface area contributed by atoms with Gasteiger partial charge in [0.2, 0.25) is 0 Å². The van der Waals surface area contributed by atoms with Crippen LogP contribution in [-0.4, -0.2) is 9.78 Å². The Morgan fingerprint density at radius 1 is 0.875 bits per heavy atom. The monoisotopic (exact) mass is 461 g/mol. The zero-order valence-corrected chi connectivity index (χ0v) is 15.4. The largest absolute Gasteiger partial charge is 0.435 e. The predicted octanol–water partition coefficient (Wildman–Crippen LogP) is 6.39. The van der Waals surface area contributed by atoms with Crippen molar-refractivity contribution in [3.63, 3.8) is 0 Å². The number of nitriles is 1. The lowest BCUT2D eigenvalue weighted by atomic mass is 10.0. The predicted molar refractivity (Wildman–Crippen MR) is 93.4 cm³/mol. The van der Waals surface area contributed by atoms with E-state index in [2.05, 4.69) is 5.10 Å². The number of benzene rings is 2. The van der Waals surface area contributed by atoms with Gasteiger partial charge in [-0.15, -0.1) is 0 Å². The average molecular weight is 461 g/mol. The Morgan fingerprint density at radius 3 is 2.00 bits per heavy atom. The number of nitrogens with zero attached hydrogens (tertiary/aromatic N) is 3. The molecular weight excluding hydrogens is 453 g/mol. The van der Waals surface area contributed by atoms with Gasteiger partial charge in [0.1, 0.15) is 11.5 Å². The molecule has 2 aromatic carbocycles. The molecule has 32 heavy (non-hydrogen) atoms. The first-order valence-electron chi connectivity index (χ1n) is 8.43. The summed E-state index contributed by atoms with van der Waals surface area (Å²) in [5, 5.41) is 12.2. The Labute approximate surface area is 173 Å². The molecule has 0 bridgehead atoms. The molecule has 1 aromatic heterocycles. The van der Waals surface area contributed by atoms with Gasteiger partial charge in [-0.25, -0.2) is 17.9 Å². The van der Waals surface area contributed by atoms with E-state index in [1.54, 1.807) is 0 Å². The normalized spacial score (nSPS) is 12.7. The Balaban J connectivity index is 2.05. The van der Waals surface area contributed by atoms with E-state index < -0.39 is 58.0 Å². The Morgan fingerprint density at radius 2 is 1.47 bits per heavy atom. The van der Waals surface area contributed by atoms with Gasteiger partial charge in [0.15, 0.2) is 17.3 Å². The molecule has 0 radical (unpaired) electrons. The van der Waals surface area contributed by atoms with E-state index in [1.165, 1.54) is 6.07 Å². The van der Waals surface area contributed by atoms with Gasteiger partial charge in [-0.2, -0.15) is 36.7 Å². The molecule has 1 heterocycles. The molecule has 0 aliphatic rings. The van der Waals surface area contributed by atoms with Crippen LogP contribution in [0.25, 0.3) is 17.3 Å². The van der Waals surface area contributed by atoms with Gasteiger partial charge in [-0.05, 0) is 35.9 Å². The number of halogens is 9. The fraction of sp³-hybridized carbons (Fsp3) is 0.100. The summed E-state index contributed by atoms with van der Waals surface area (Å²) >= 11 is 0. The van der Waals surface area contributed by atoms with E-state index >= 15 is 0 Å². The van der Waals surface area contributed by atoms with Crippen LogP contribution in [0, 0.1) is 28.8 Å². The summed E-state index contributed by atoms with van der Waals surface area (Å²) in [6, 6.07) is 6.56. The molecule has 3 nitrogen and oxygen atoms in total. The van der Waals surface area contributed by atoms with Gasteiger partial charge in [-0.3, -0.25) is 0 Å². The maximum absolute atomic E-state index is 13.9. The first kappa shape index (κ1) is 22.9. The number of allylic oxidation sites excluding steroid dienone is 1. The van der Waals surface area contributed by atoms with Crippen molar-refractivity contribution >= 4 is 11.6 Å². The van der Waals surface area contributed by atoms with E-state index in [-0.39, 0.29) is 16.3 Å². The summed E-state index contributed by atoms with van der Waals surface area (Å²) in [7, 11) is 0. The highest BCUT2D eigenvalue weighted by Gasteiger charge is 2.42. The molecule has 0 N–H and O–H groups in total. The van der Waals surface area contributed by atoms with Gasteiger partial charge >= 0.3 is 12.4 Å². The maximum Gasteiger partial charge on any atom is 0.435 e. The van der Waals surface area contributed by atoms with Crippen LogP contribution in [0.15, 0.2) is 42.5 Å². The zero-order valence-electron chi connectivity index (χ0n) is 15.4. The van der Waals surface area contributed by atoms with Crippen molar-refractivity contribution in [1.29, 1.82) is 5.26 Å². The quantitative estimate of drug-likeness (QED) is 0.196. The van der Waals surface area contributed by atoms with E-state index in [4.69, 9.17) is 0 Å². The molecule has 166 valence electrons. The van der Waals surface area contributed by atoms with Crippen LogP contribution in [0.3, 0.4) is 0 Å². The molecule has 0 atom stereocenters. The van der Waals surface area contributed by atoms with Crippen molar-refractivity contribution < 1.29 is 39.5 Å². The highest BCUT2D eigenvalue weighted by molar-refractivity contribution is 5.90. The Bertz CT molecular complexity index is 1230. The zero-order chi connectivity index (χ0) is 23.8. The van der Waals surface area contributed by atoms with E-state index in [9.17, 15) is 44.8 Å². The number of rotatable bonds is 3. The van der Waals surface area contributed by atoms with Crippen molar-refractivity contribution in [3.8, 4) is 11.8 Å². The molecule has 3 rings (SSSR count). The van der Waals surface area contributed by atoms with Gasteiger partial charge in [0, 0.05) is 6.07 Å². The fourth-order valence-electron chi connectivity index (χ4n) is 2.73. The summed E-state index contributed by atoms with van der Waals surface area (Å²) in [6.07, 6.45) is -9.33. The summed E-state index contributed by atoms with van der Waals surface area (Å²) in [6.45, 7) is 0. The molecular formula is C20H8F9N3. The van der Waals surface area contributed by atoms with Crippen LogP contribution >= 0.6 is 0 Å². The van der Waals surface area contributed by atoms with Crippen LogP contribution in [-0.2, 0) is 12.4 Å². The summed E-state index contributed by atoms with van der Waals surface area (Å²) in [5.41, 5.74) is -5.34. The van der Waals surface area contributed by atoms with Crippen LogP contribution in [0.2, 0.25) is 0 Å². The van der Waals surface area contributed by atoms with Crippen molar-refractivity contribution in [2.24, 2.45) is 0 Å². The van der Waals surface area contributed by atoms with Crippen molar-refractivity contribution in [1.82, 2.24) is 9.78 Å². The number of aromatic nitrogens is 2. The first-order chi connectivity index (χ1) is 14.8. The maximum atomic E-state index is 13.9. The molecule has 0 saturated heterocycles. The smallest absolute Gasteiger partial charge is 0.228 e. The van der Waals surface area contributed by atoms with Gasteiger partial charge in [0.05, 0.1) is 22.9 Å². The lowest BCUT2D eigenvalue weighted by Crippen LogP contribution is -2.13. The molecule has 0 amide bonds. The molecule has 0 unspecified atom stereocenters. The lowest BCUT2D eigenvalue weighted by molar-refractivity contribution is -0.143. The summed E-state index contributed by atoms with van der Waals surface area (Å²) in [5.74, 6) is -4.24. The molecule has 0 fully saturated rings. The third kappa shape index (κ3) is 4.46. The highest BCUT2D eigenvalue weighted by Crippen LogP contribution is 2.36. The molecule has 0 spiro atoms. The molecule has 12 heteroatoms. The number of hydrogen-bond acceptors (Lipinski definition) is 2. The minimum Gasteiger partial charge on any atom is -0.228 e. The SMILES string of the molecule is N#CC(=Cc1ccc(-n2nc(C(F)(F)F)cc2C(F)(F)F)cc1)c1c(F)ccc(F)c1F. The molecule has 3 aromatic rings. The van der Waals surface area contributed by atoms with Gasteiger partial charge < -0.3 is 0 Å². The van der Waals surface area contributed by atoms with E-state index in [0.29, 0.717) is 12.1 Å². The third-order valence-corrected chi connectivity index (χ3v) is 4.17. The average Bonchev–Trinajstić information content (AvgIpc) is 3.17. The van der Waals surface area contributed by atoms with Crippen LogP contribution in [0.5, 0.6) is 0 Å². The third-order valence-electron chi connectivity index (χ3n) is 4.17. The Kier molecular flexibility index (Phi) is 5.78.